The summed E-state index contributed by atoms with van der Waals surface area (Å²) in [5.74, 6) is 0. The van der Waals surface area contributed by atoms with Crippen molar-refractivity contribution >= 4 is 17.8 Å². The molecule has 0 radical (unpaired) electrons. The molecule has 0 aliphatic carbocycles. The first-order valence-electron chi connectivity index (χ1n) is 6.26. The van der Waals surface area contributed by atoms with Crippen LogP contribution in [-0.2, 0) is 18.5 Å². The Balaban J connectivity index is 2.00. The molecule has 20 heavy (non-hydrogen) atoms. The highest BCUT2D eigenvalue weighted by molar-refractivity contribution is 6.30. The molecular formula is C14H17ClN4O. The van der Waals surface area contributed by atoms with E-state index >= 15 is 0 Å². The topological polar surface area (TPSA) is 52.3 Å². The minimum atomic E-state index is 0.291. The molecule has 0 bridgehead atoms. The van der Waals surface area contributed by atoms with Crippen molar-refractivity contribution in [2.75, 3.05) is 0 Å². The van der Waals surface area contributed by atoms with Crippen molar-refractivity contribution in [1.82, 2.24) is 14.8 Å². The fourth-order valence-corrected chi connectivity index (χ4v) is 2.20. The zero-order valence-corrected chi connectivity index (χ0v) is 12.8. The van der Waals surface area contributed by atoms with Gasteiger partial charge in [0, 0.05) is 12.7 Å². The van der Waals surface area contributed by atoms with Crippen molar-refractivity contribution in [2.24, 2.45) is 12.2 Å². The van der Waals surface area contributed by atoms with Gasteiger partial charge in [0.2, 0.25) is 0 Å². The molecule has 0 unspecified atom stereocenters. The van der Waals surface area contributed by atoms with E-state index in [-0.39, 0.29) is 0 Å². The second-order valence-electron chi connectivity index (χ2n) is 4.70. The molecule has 2 rings (SSSR count). The van der Waals surface area contributed by atoms with Crippen LogP contribution in [0.3, 0.4) is 0 Å². The van der Waals surface area contributed by atoms with Crippen molar-refractivity contribution in [3.63, 3.8) is 0 Å². The molecule has 0 saturated heterocycles. The van der Waals surface area contributed by atoms with Gasteiger partial charge in [-0.25, -0.2) is 0 Å². The number of nitrogens with zero attached hydrogens (tertiary/aromatic N) is 4. The third-order valence-electron chi connectivity index (χ3n) is 2.86. The second kappa shape index (κ2) is 6.05. The van der Waals surface area contributed by atoms with Crippen LogP contribution < -0.4 is 0 Å². The predicted molar refractivity (Wildman–Crippen MR) is 79.0 cm³/mol. The predicted octanol–water partition coefficient (Wildman–Crippen LogP) is 2.94. The maximum atomic E-state index is 6.11. The molecule has 0 fully saturated rings. The van der Waals surface area contributed by atoms with E-state index in [0.717, 1.165) is 28.2 Å². The summed E-state index contributed by atoms with van der Waals surface area (Å²) >= 11 is 6.11. The minimum absolute atomic E-state index is 0.291. The zero-order valence-electron chi connectivity index (χ0n) is 12.0. The van der Waals surface area contributed by atoms with Gasteiger partial charge in [0.15, 0.2) is 0 Å². The number of halogens is 1. The van der Waals surface area contributed by atoms with Crippen LogP contribution in [0.1, 0.15) is 28.2 Å². The number of pyridine rings is 1. The summed E-state index contributed by atoms with van der Waals surface area (Å²) in [6, 6.07) is 3.96. The standard InChI is InChI=1S/C14H17ClN4O/c1-9-5-10(2)17-12(6-9)7-16-20-8-13-11(3)18-19(4)14(13)15/h5-7H,8H2,1-4H3/b16-7+. The maximum absolute atomic E-state index is 6.11. The van der Waals surface area contributed by atoms with E-state index in [2.05, 4.69) is 15.2 Å². The lowest BCUT2D eigenvalue weighted by molar-refractivity contribution is 0.131. The van der Waals surface area contributed by atoms with Gasteiger partial charge in [-0.05, 0) is 38.5 Å². The van der Waals surface area contributed by atoms with Gasteiger partial charge in [-0.15, -0.1) is 0 Å². The van der Waals surface area contributed by atoms with Gasteiger partial charge in [0.1, 0.15) is 11.8 Å². The molecule has 0 aliphatic heterocycles. The van der Waals surface area contributed by atoms with Gasteiger partial charge in [0.05, 0.1) is 23.2 Å². The summed E-state index contributed by atoms with van der Waals surface area (Å²) < 4.78 is 1.62. The minimum Gasteiger partial charge on any atom is -0.391 e. The first-order chi connectivity index (χ1) is 9.47. The summed E-state index contributed by atoms with van der Waals surface area (Å²) in [7, 11) is 1.79. The van der Waals surface area contributed by atoms with Gasteiger partial charge in [-0.2, -0.15) is 5.10 Å². The number of aromatic nitrogens is 3. The van der Waals surface area contributed by atoms with E-state index in [1.807, 2.05) is 32.9 Å². The Morgan fingerprint density at radius 1 is 1.35 bits per heavy atom. The van der Waals surface area contributed by atoms with E-state index in [1.165, 1.54) is 0 Å². The number of hydrogen-bond donors (Lipinski definition) is 0. The van der Waals surface area contributed by atoms with Gasteiger partial charge in [0.25, 0.3) is 0 Å². The third kappa shape index (κ3) is 3.36. The van der Waals surface area contributed by atoms with E-state index in [1.54, 1.807) is 17.9 Å². The molecule has 5 nitrogen and oxygen atoms in total. The van der Waals surface area contributed by atoms with E-state index in [9.17, 15) is 0 Å². The van der Waals surface area contributed by atoms with Crippen molar-refractivity contribution in [1.29, 1.82) is 0 Å². The Labute approximate surface area is 123 Å². The smallest absolute Gasteiger partial charge is 0.147 e. The first kappa shape index (κ1) is 14.5. The Kier molecular flexibility index (Phi) is 4.39. The van der Waals surface area contributed by atoms with Gasteiger partial charge in [-0.3, -0.25) is 9.67 Å². The van der Waals surface area contributed by atoms with Gasteiger partial charge < -0.3 is 4.84 Å². The molecule has 0 saturated carbocycles. The normalized spacial score (nSPS) is 11.2. The highest BCUT2D eigenvalue weighted by Gasteiger charge is 2.11. The molecule has 6 heteroatoms. The summed E-state index contributed by atoms with van der Waals surface area (Å²) in [5, 5.41) is 8.71. The zero-order chi connectivity index (χ0) is 14.7. The lowest BCUT2D eigenvalue weighted by Gasteiger charge is -2.00. The van der Waals surface area contributed by atoms with Crippen LogP contribution in [0.15, 0.2) is 17.3 Å². The SMILES string of the molecule is Cc1cc(C)nc(/C=N/OCc2c(C)nn(C)c2Cl)c1. The van der Waals surface area contributed by atoms with Crippen LogP contribution in [0.4, 0.5) is 0 Å². The Hall–Kier alpha value is -1.88. The van der Waals surface area contributed by atoms with Crippen LogP contribution in [0, 0.1) is 20.8 Å². The van der Waals surface area contributed by atoms with Crippen molar-refractivity contribution in [2.45, 2.75) is 27.4 Å². The van der Waals surface area contributed by atoms with E-state index in [4.69, 9.17) is 16.4 Å². The van der Waals surface area contributed by atoms with Crippen LogP contribution >= 0.6 is 11.6 Å². The van der Waals surface area contributed by atoms with Crippen LogP contribution in [0.25, 0.3) is 0 Å². The fraction of sp³-hybridized carbons (Fsp3) is 0.357. The highest BCUT2D eigenvalue weighted by Crippen LogP contribution is 2.19. The maximum Gasteiger partial charge on any atom is 0.147 e. The van der Waals surface area contributed by atoms with E-state index < -0.39 is 0 Å². The number of rotatable bonds is 4. The van der Waals surface area contributed by atoms with Crippen molar-refractivity contribution in [3.8, 4) is 0 Å². The average Bonchev–Trinajstić information content (AvgIpc) is 2.59. The van der Waals surface area contributed by atoms with Crippen LogP contribution in [-0.4, -0.2) is 21.0 Å². The summed E-state index contributed by atoms with van der Waals surface area (Å²) in [5.41, 5.74) is 4.57. The second-order valence-corrected chi connectivity index (χ2v) is 5.06. The Bertz CT molecular complexity index is 629. The first-order valence-corrected chi connectivity index (χ1v) is 6.63. The van der Waals surface area contributed by atoms with Gasteiger partial charge in [-0.1, -0.05) is 16.8 Å². The van der Waals surface area contributed by atoms with Crippen molar-refractivity contribution in [3.05, 3.63) is 45.5 Å². The monoisotopic (exact) mass is 292 g/mol. The molecule has 0 aromatic carbocycles. The lowest BCUT2D eigenvalue weighted by Crippen LogP contribution is -1.94. The molecule has 0 atom stereocenters. The van der Waals surface area contributed by atoms with Crippen molar-refractivity contribution < 1.29 is 4.84 Å². The van der Waals surface area contributed by atoms with E-state index in [0.29, 0.717) is 11.8 Å². The molecule has 0 N–H and O–H groups in total. The summed E-state index contributed by atoms with van der Waals surface area (Å²) in [4.78, 5) is 9.62. The molecule has 2 aromatic heterocycles. The quantitative estimate of drug-likeness (QED) is 0.643. The number of oxime groups is 1. The molecule has 106 valence electrons. The average molecular weight is 293 g/mol. The lowest BCUT2D eigenvalue weighted by atomic mass is 10.2. The number of hydrogen-bond acceptors (Lipinski definition) is 4. The Morgan fingerprint density at radius 2 is 2.10 bits per heavy atom. The largest absolute Gasteiger partial charge is 0.391 e. The molecule has 0 spiro atoms. The molecule has 0 amide bonds. The molecule has 2 aromatic rings. The molecular weight excluding hydrogens is 276 g/mol. The molecule has 0 aliphatic rings. The molecule has 2 heterocycles. The summed E-state index contributed by atoms with van der Waals surface area (Å²) in [6.07, 6.45) is 1.60. The highest BCUT2D eigenvalue weighted by atomic mass is 35.5. The summed E-state index contributed by atoms with van der Waals surface area (Å²) in [6.45, 7) is 6.15. The Morgan fingerprint density at radius 3 is 2.70 bits per heavy atom. The fourth-order valence-electron chi connectivity index (χ4n) is 1.97. The number of aryl methyl sites for hydroxylation is 4. The van der Waals surface area contributed by atoms with Crippen LogP contribution in [0.2, 0.25) is 5.15 Å². The van der Waals surface area contributed by atoms with Crippen LogP contribution in [0.5, 0.6) is 0 Å². The third-order valence-corrected chi connectivity index (χ3v) is 3.33. The van der Waals surface area contributed by atoms with Gasteiger partial charge >= 0.3 is 0 Å².